The molecule has 1 N–H and O–H groups in total. The second kappa shape index (κ2) is 5.69. The quantitative estimate of drug-likeness (QED) is 0.913. The second-order valence-electron chi connectivity index (χ2n) is 6.88. The molecule has 2 aliphatic rings. The first-order valence-corrected chi connectivity index (χ1v) is 8.24. The van der Waals surface area contributed by atoms with Crippen LogP contribution in [-0.2, 0) is 0 Å². The zero-order chi connectivity index (χ0) is 15.0. The van der Waals surface area contributed by atoms with E-state index in [1.165, 1.54) is 12.8 Å². The molecule has 1 aromatic carbocycles. The Morgan fingerprint density at radius 3 is 2.29 bits per heavy atom. The molecular formula is C18H26FNO. The molecule has 0 spiro atoms. The smallest absolute Gasteiger partial charge is 0.129 e. The fourth-order valence-electron chi connectivity index (χ4n) is 4.45. The molecule has 1 aliphatic heterocycles. The van der Waals surface area contributed by atoms with E-state index < -0.39 is 6.10 Å². The van der Waals surface area contributed by atoms with E-state index in [-0.39, 0.29) is 11.4 Å². The highest BCUT2D eigenvalue weighted by atomic mass is 19.1. The second-order valence-corrected chi connectivity index (χ2v) is 6.88. The number of likely N-dealkylation sites (tertiary alicyclic amines) is 1. The van der Waals surface area contributed by atoms with E-state index in [0.717, 1.165) is 49.9 Å². The highest BCUT2D eigenvalue weighted by Gasteiger charge is 2.47. The van der Waals surface area contributed by atoms with Crippen LogP contribution in [0, 0.1) is 19.7 Å². The lowest BCUT2D eigenvalue weighted by atomic mass is 9.82. The zero-order valence-corrected chi connectivity index (χ0v) is 13.2. The van der Waals surface area contributed by atoms with Crippen LogP contribution in [0.15, 0.2) is 12.1 Å². The minimum atomic E-state index is -0.710. The van der Waals surface area contributed by atoms with Crippen LogP contribution in [0.2, 0.25) is 0 Å². The molecule has 1 unspecified atom stereocenters. The van der Waals surface area contributed by atoms with E-state index in [0.29, 0.717) is 5.56 Å². The zero-order valence-electron chi connectivity index (χ0n) is 13.2. The van der Waals surface area contributed by atoms with Gasteiger partial charge in [0.1, 0.15) is 11.9 Å². The number of aliphatic hydroxyl groups is 1. The van der Waals surface area contributed by atoms with Gasteiger partial charge in [0, 0.05) is 5.56 Å². The van der Waals surface area contributed by atoms with Crippen molar-refractivity contribution in [3.8, 4) is 0 Å². The molecule has 116 valence electrons. The lowest BCUT2D eigenvalue weighted by molar-refractivity contribution is -0.0217. The molecule has 0 bridgehead atoms. The normalized spacial score (nSPS) is 23.6. The molecule has 1 saturated carbocycles. The van der Waals surface area contributed by atoms with Gasteiger partial charge in [0.25, 0.3) is 0 Å². The van der Waals surface area contributed by atoms with Gasteiger partial charge in [0.15, 0.2) is 0 Å². The summed E-state index contributed by atoms with van der Waals surface area (Å²) < 4.78 is 14.5. The van der Waals surface area contributed by atoms with Crippen molar-refractivity contribution < 1.29 is 9.50 Å². The molecule has 1 saturated heterocycles. The fourth-order valence-corrected chi connectivity index (χ4v) is 4.45. The van der Waals surface area contributed by atoms with Crippen molar-refractivity contribution in [2.24, 2.45) is 0 Å². The summed E-state index contributed by atoms with van der Waals surface area (Å²) in [6, 6.07) is 3.53. The number of benzene rings is 1. The van der Waals surface area contributed by atoms with Crippen LogP contribution in [0.4, 0.5) is 4.39 Å². The summed E-state index contributed by atoms with van der Waals surface area (Å²) in [5, 5.41) is 11.1. The Labute approximate surface area is 127 Å². The summed E-state index contributed by atoms with van der Waals surface area (Å²) in [4.78, 5) is 2.43. The highest BCUT2D eigenvalue weighted by Crippen LogP contribution is 2.47. The number of nitrogens with zero attached hydrogens (tertiary/aromatic N) is 1. The standard InChI is InChI=1S/C18H26FNO/c1-13-11-14(2)16(15(19)12-13)17(21)18(7-3-4-8-18)20-9-5-6-10-20/h11-12,17,21H,3-10H2,1-2H3. The number of hydrogen-bond acceptors (Lipinski definition) is 2. The van der Waals surface area contributed by atoms with Crippen molar-refractivity contribution in [3.63, 3.8) is 0 Å². The van der Waals surface area contributed by atoms with E-state index in [4.69, 9.17) is 0 Å². The van der Waals surface area contributed by atoms with Crippen LogP contribution in [0.5, 0.6) is 0 Å². The summed E-state index contributed by atoms with van der Waals surface area (Å²) in [7, 11) is 0. The van der Waals surface area contributed by atoms with Gasteiger partial charge in [0.05, 0.1) is 5.54 Å². The monoisotopic (exact) mass is 291 g/mol. The SMILES string of the molecule is Cc1cc(C)c(C(O)C2(N3CCCC3)CCCC2)c(F)c1. The van der Waals surface area contributed by atoms with E-state index in [9.17, 15) is 9.50 Å². The number of rotatable bonds is 3. The first-order valence-electron chi connectivity index (χ1n) is 8.24. The van der Waals surface area contributed by atoms with Crippen LogP contribution in [0.25, 0.3) is 0 Å². The van der Waals surface area contributed by atoms with Gasteiger partial charge in [-0.1, -0.05) is 18.9 Å². The molecule has 1 aromatic rings. The largest absolute Gasteiger partial charge is 0.386 e. The summed E-state index contributed by atoms with van der Waals surface area (Å²) in [5.41, 5.74) is 2.08. The molecular weight excluding hydrogens is 265 g/mol. The molecule has 0 radical (unpaired) electrons. The van der Waals surface area contributed by atoms with Gasteiger partial charge in [-0.3, -0.25) is 4.90 Å². The van der Waals surface area contributed by atoms with Crippen LogP contribution in [0.1, 0.15) is 61.3 Å². The van der Waals surface area contributed by atoms with E-state index >= 15 is 0 Å². The summed E-state index contributed by atoms with van der Waals surface area (Å²) in [5.74, 6) is -0.245. The van der Waals surface area contributed by atoms with Gasteiger partial charge in [-0.15, -0.1) is 0 Å². The van der Waals surface area contributed by atoms with Crippen LogP contribution in [0.3, 0.4) is 0 Å². The Bertz CT molecular complexity index is 493. The maximum absolute atomic E-state index is 14.5. The van der Waals surface area contributed by atoms with Crippen molar-refractivity contribution >= 4 is 0 Å². The first-order chi connectivity index (χ1) is 10.0. The average molecular weight is 291 g/mol. The molecule has 1 aliphatic carbocycles. The minimum Gasteiger partial charge on any atom is -0.386 e. The van der Waals surface area contributed by atoms with Crippen molar-refractivity contribution in [2.75, 3.05) is 13.1 Å². The minimum absolute atomic E-state index is 0.239. The molecule has 0 aromatic heterocycles. The Morgan fingerprint density at radius 2 is 1.71 bits per heavy atom. The van der Waals surface area contributed by atoms with Gasteiger partial charge in [-0.25, -0.2) is 4.39 Å². The fraction of sp³-hybridized carbons (Fsp3) is 0.667. The van der Waals surface area contributed by atoms with E-state index in [1.807, 2.05) is 19.9 Å². The van der Waals surface area contributed by atoms with Gasteiger partial charge in [-0.2, -0.15) is 0 Å². The van der Waals surface area contributed by atoms with Gasteiger partial charge < -0.3 is 5.11 Å². The Hall–Kier alpha value is -0.930. The van der Waals surface area contributed by atoms with Crippen molar-refractivity contribution in [2.45, 2.75) is 64.0 Å². The third kappa shape index (κ3) is 2.51. The number of aryl methyl sites for hydroxylation is 2. The van der Waals surface area contributed by atoms with Crippen molar-refractivity contribution in [1.82, 2.24) is 4.90 Å². The molecule has 2 fully saturated rings. The molecule has 1 atom stereocenters. The number of halogens is 1. The summed E-state index contributed by atoms with van der Waals surface area (Å²) in [6.45, 7) is 5.91. The van der Waals surface area contributed by atoms with Crippen LogP contribution >= 0.6 is 0 Å². The average Bonchev–Trinajstić information content (AvgIpc) is 3.09. The lowest BCUT2D eigenvalue weighted by Crippen LogP contribution is -2.50. The maximum Gasteiger partial charge on any atom is 0.129 e. The number of hydrogen-bond donors (Lipinski definition) is 1. The first kappa shape index (κ1) is 15.0. The predicted octanol–water partition coefficient (Wildman–Crippen LogP) is 3.88. The summed E-state index contributed by atoms with van der Waals surface area (Å²) >= 11 is 0. The van der Waals surface area contributed by atoms with Crippen LogP contribution in [-0.4, -0.2) is 28.6 Å². The Balaban J connectivity index is 2.00. The Morgan fingerprint density at radius 1 is 1.10 bits per heavy atom. The third-order valence-corrected chi connectivity index (χ3v) is 5.47. The van der Waals surface area contributed by atoms with Gasteiger partial charge in [0.2, 0.25) is 0 Å². The van der Waals surface area contributed by atoms with Crippen molar-refractivity contribution in [1.29, 1.82) is 0 Å². The molecule has 3 heteroatoms. The van der Waals surface area contributed by atoms with Gasteiger partial charge >= 0.3 is 0 Å². The highest BCUT2D eigenvalue weighted by molar-refractivity contribution is 5.35. The van der Waals surface area contributed by atoms with Gasteiger partial charge in [-0.05, 0) is 69.8 Å². The van der Waals surface area contributed by atoms with E-state index in [2.05, 4.69) is 4.90 Å². The number of aliphatic hydroxyl groups excluding tert-OH is 1. The van der Waals surface area contributed by atoms with Crippen LogP contribution < -0.4 is 0 Å². The lowest BCUT2D eigenvalue weighted by Gasteiger charge is -2.43. The molecule has 21 heavy (non-hydrogen) atoms. The third-order valence-electron chi connectivity index (χ3n) is 5.47. The molecule has 2 nitrogen and oxygen atoms in total. The Kier molecular flexibility index (Phi) is 4.06. The molecule has 3 rings (SSSR count). The maximum atomic E-state index is 14.5. The summed E-state index contributed by atoms with van der Waals surface area (Å²) in [6.07, 6.45) is 5.94. The topological polar surface area (TPSA) is 23.5 Å². The molecule has 1 heterocycles. The predicted molar refractivity (Wildman–Crippen MR) is 82.8 cm³/mol. The van der Waals surface area contributed by atoms with E-state index in [1.54, 1.807) is 6.07 Å². The molecule has 0 amide bonds. The van der Waals surface area contributed by atoms with Crippen molar-refractivity contribution in [3.05, 3.63) is 34.6 Å².